The average molecular weight is 568 g/mol. The van der Waals surface area contributed by atoms with Crippen LogP contribution in [-0.2, 0) is 29.0 Å². The van der Waals surface area contributed by atoms with Crippen molar-refractivity contribution in [1.29, 1.82) is 0 Å². The molecule has 2 aromatic heterocycles. The molecule has 0 amide bonds. The van der Waals surface area contributed by atoms with Crippen LogP contribution in [-0.4, -0.2) is 52.8 Å². The second-order valence-corrected chi connectivity index (χ2v) is 10.7. The summed E-state index contributed by atoms with van der Waals surface area (Å²) in [5, 5.41) is 18.3. The lowest BCUT2D eigenvalue weighted by Gasteiger charge is -2.11. The Morgan fingerprint density at radius 3 is 2.62 bits per heavy atom. The van der Waals surface area contributed by atoms with Crippen LogP contribution in [0.2, 0.25) is 0 Å². The van der Waals surface area contributed by atoms with E-state index in [0.29, 0.717) is 43.5 Å². The number of ether oxygens (including phenoxy) is 3. The molecule has 0 atom stereocenters. The predicted octanol–water partition coefficient (Wildman–Crippen LogP) is 6.39. The molecular weight excluding hydrogens is 530 g/mol. The molecule has 1 fully saturated rings. The predicted molar refractivity (Wildman–Crippen MR) is 163 cm³/mol. The van der Waals surface area contributed by atoms with Crippen molar-refractivity contribution < 1.29 is 24.1 Å². The molecular formula is C34H37N3O5. The number of aromatic nitrogens is 3. The number of fused-ring (bicyclic) bond motifs is 2. The lowest BCUT2D eigenvalue weighted by molar-refractivity contribution is 0.0519. The molecule has 8 heteroatoms. The van der Waals surface area contributed by atoms with Crippen molar-refractivity contribution in [1.82, 2.24) is 14.8 Å². The summed E-state index contributed by atoms with van der Waals surface area (Å²) in [6.45, 7) is 3.60. The number of nitrogens with one attached hydrogen (secondary N) is 1. The zero-order valence-corrected chi connectivity index (χ0v) is 24.2. The lowest BCUT2D eigenvalue weighted by atomic mass is 9.97. The number of benzene rings is 3. The number of hydrogen-bond acceptors (Lipinski definition) is 6. The maximum Gasteiger partial charge on any atom is 0.355 e. The number of methoxy groups -OCH3 is 1. The van der Waals surface area contributed by atoms with Crippen LogP contribution in [0.5, 0.6) is 5.75 Å². The van der Waals surface area contributed by atoms with E-state index >= 15 is 0 Å². The van der Waals surface area contributed by atoms with Gasteiger partial charge in [0, 0.05) is 40.6 Å². The molecule has 0 aliphatic heterocycles. The molecule has 218 valence electrons. The summed E-state index contributed by atoms with van der Waals surface area (Å²) in [4.78, 5) is 16.6. The van der Waals surface area contributed by atoms with Crippen molar-refractivity contribution in [3.8, 4) is 16.9 Å². The first-order chi connectivity index (χ1) is 20.6. The minimum atomic E-state index is -0.370. The zero-order valence-electron chi connectivity index (χ0n) is 24.2. The van der Waals surface area contributed by atoms with Crippen LogP contribution in [0.4, 0.5) is 0 Å². The number of para-hydroxylation sites is 1. The van der Waals surface area contributed by atoms with Crippen molar-refractivity contribution in [3.05, 3.63) is 83.3 Å². The molecule has 0 unspecified atom stereocenters. The third kappa shape index (κ3) is 5.40. The van der Waals surface area contributed by atoms with Gasteiger partial charge < -0.3 is 24.3 Å². The van der Waals surface area contributed by atoms with Gasteiger partial charge in [0.2, 0.25) is 0 Å². The van der Waals surface area contributed by atoms with Crippen LogP contribution < -0.4 is 4.74 Å². The fraction of sp³-hybridized carbons (Fsp3) is 0.353. The number of nitrogens with zero attached hydrogens (tertiary/aromatic N) is 2. The number of aryl methyl sites for hydroxylation is 1. The van der Waals surface area contributed by atoms with E-state index in [2.05, 4.69) is 23.2 Å². The molecule has 1 aliphatic rings. The van der Waals surface area contributed by atoms with Crippen LogP contribution in [0.3, 0.4) is 0 Å². The SMILES string of the molecule is CCOC(=O)c1[nH]c2c(-c3c(CO)nn(CCOC)c3C3CC3)cccc2c1CCCOc1cccc2ccccc12. The number of carbonyl (C=O) groups excluding carboxylic acids is 1. The molecule has 6 rings (SSSR count). The Kier molecular flexibility index (Phi) is 8.26. The summed E-state index contributed by atoms with van der Waals surface area (Å²) < 4.78 is 19.0. The quantitative estimate of drug-likeness (QED) is 0.126. The highest BCUT2D eigenvalue weighted by Crippen LogP contribution is 2.47. The Morgan fingerprint density at radius 1 is 1.05 bits per heavy atom. The van der Waals surface area contributed by atoms with Gasteiger partial charge in [0.05, 0.1) is 44.2 Å². The second kappa shape index (κ2) is 12.4. The summed E-state index contributed by atoms with van der Waals surface area (Å²) in [5.41, 5.74) is 5.88. The molecule has 3 aromatic carbocycles. The number of hydrogen-bond donors (Lipinski definition) is 2. The van der Waals surface area contributed by atoms with Gasteiger partial charge in [-0.1, -0.05) is 54.6 Å². The van der Waals surface area contributed by atoms with Gasteiger partial charge in [-0.05, 0) is 49.6 Å². The van der Waals surface area contributed by atoms with Gasteiger partial charge in [0.25, 0.3) is 0 Å². The van der Waals surface area contributed by atoms with E-state index in [9.17, 15) is 9.90 Å². The van der Waals surface area contributed by atoms with Crippen LogP contribution in [0.1, 0.15) is 59.5 Å². The summed E-state index contributed by atoms with van der Waals surface area (Å²) >= 11 is 0. The number of rotatable bonds is 13. The highest BCUT2D eigenvalue weighted by Gasteiger charge is 2.34. The Balaban J connectivity index is 1.35. The van der Waals surface area contributed by atoms with Crippen molar-refractivity contribution in [2.45, 2.75) is 51.7 Å². The molecule has 5 aromatic rings. The number of aliphatic hydroxyl groups is 1. The van der Waals surface area contributed by atoms with E-state index in [0.717, 1.165) is 69.1 Å². The smallest absolute Gasteiger partial charge is 0.355 e. The summed E-state index contributed by atoms with van der Waals surface area (Å²) in [6, 6.07) is 20.4. The van der Waals surface area contributed by atoms with Crippen molar-refractivity contribution >= 4 is 27.6 Å². The molecule has 42 heavy (non-hydrogen) atoms. The Labute approximate surface area is 245 Å². The average Bonchev–Trinajstić information content (AvgIpc) is 3.69. The molecule has 2 N–H and O–H groups in total. The van der Waals surface area contributed by atoms with Crippen LogP contribution in [0.25, 0.3) is 32.8 Å². The van der Waals surface area contributed by atoms with Gasteiger partial charge in [0.1, 0.15) is 11.4 Å². The Hall–Kier alpha value is -4.14. The van der Waals surface area contributed by atoms with Gasteiger partial charge in [-0.25, -0.2) is 4.79 Å². The Bertz CT molecular complexity index is 1710. The van der Waals surface area contributed by atoms with E-state index in [1.54, 1.807) is 7.11 Å². The third-order valence-corrected chi connectivity index (χ3v) is 7.95. The fourth-order valence-electron chi connectivity index (χ4n) is 5.92. The maximum atomic E-state index is 13.2. The van der Waals surface area contributed by atoms with Crippen molar-refractivity contribution in [3.63, 3.8) is 0 Å². The molecule has 2 heterocycles. The molecule has 0 radical (unpaired) electrons. The van der Waals surface area contributed by atoms with E-state index in [-0.39, 0.29) is 19.2 Å². The zero-order chi connectivity index (χ0) is 29.1. The number of esters is 1. The normalized spacial score (nSPS) is 13.2. The van der Waals surface area contributed by atoms with E-state index in [1.807, 2.05) is 54.1 Å². The van der Waals surface area contributed by atoms with Crippen LogP contribution in [0.15, 0.2) is 60.7 Å². The summed E-state index contributed by atoms with van der Waals surface area (Å²) in [7, 11) is 1.68. The van der Waals surface area contributed by atoms with Crippen molar-refractivity contribution in [2.24, 2.45) is 0 Å². The van der Waals surface area contributed by atoms with Gasteiger partial charge >= 0.3 is 5.97 Å². The standard InChI is InChI=1S/C34H37N3O5/c1-3-41-34(39)32-26(14-8-19-42-29-15-6-10-22-9-4-5-11-24(22)29)25-12-7-13-27(31(25)35-32)30-28(21-38)36-37(18-20-40-2)33(30)23-16-17-23/h4-7,9-13,15,23,35,38H,3,8,14,16-21H2,1-2H3. The lowest BCUT2D eigenvalue weighted by Crippen LogP contribution is -2.09. The van der Waals surface area contributed by atoms with Gasteiger partial charge in [-0.3, -0.25) is 4.68 Å². The topological polar surface area (TPSA) is 98.6 Å². The largest absolute Gasteiger partial charge is 0.493 e. The number of aliphatic hydroxyl groups excluding tert-OH is 1. The summed E-state index contributed by atoms with van der Waals surface area (Å²) in [5.74, 6) is 0.879. The third-order valence-electron chi connectivity index (χ3n) is 7.95. The van der Waals surface area contributed by atoms with Gasteiger partial charge in [-0.15, -0.1) is 0 Å². The Morgan fingerprint density at radius 2 is 1.83 bits per heavy atom. The first-order valence-corrected chi connectivity index (χ1v) is 14.8. The molecule has 0 bridgehead atoms. The minimum Gasteiger partial charge on any atom is -0.493 e. The number of carbonyl (C=O) groups is 1. The molecule has 1 aliphatic carbocycles. The van der Waals surface area contributed by atoms with E-state index in [4.69, 9.17) is 19.3 Å². The number of aromatic amines is 1. The highest BCUT2D eigenvalue weighted by molar-refractivity contribution is 6.04. The first-order valence-electron chi connectivity index (χ1n) is 14.8. The van der Waals surface area contributed by atoms with Crippen molar-refractivity contribution in [2.75, 3.05) is 26.9 Å². The molecule has 0 saturated heterocycles. The summed E-state index contributed by atoms with van der Waals surface area (Å²) in [6.07, 6.45) is 3.54. The minimum absolute atomic E-state index is 0.171. The highest BCUT2D eigenvalue weighted by atomic mass is 16.5. The maximum absolute atomic E-state index is 13.2. The van der Waals surface area contributed by atoms with Gasteiger partial charge in [0.15, 0.2) is 0 Å². The monoisotopic (exact) mass is 567 g/mol. The first kappa shape index (κ1) is 28.0. The van der Waals surface area contributed by atoms with E-state index in [1.165, 1.54) is 0 Å². The molecule has 0 spiro atoms. The molecule has 1 saturated carbocycles. The van der Waals surface area contributed by atoms with Crippen LogP contribution in [0, 0.1) is 0 Å². The number of H-pyrrole nitrogens is 1. The van der Waals surface area contributed by atoms with Crippen LogP contribution >= 0.6 is 0 Å². The molecule has 8 nitrogen and oxygen atoms in total. The van der Waals surface area contributed by atoms with E-state index < -0.39 is 0 Å². The van der Waals surface area contributed by atoms with Gasteiger partial charge in [-0.2, -0.15) is 5.10 Å². The fourth-order valence-corrected chi connectivity index (χ4v) is 5.92. The second-order valence-electron chi connectivity index (χ2n) is 10.7.